The first-order chi connectivity index (χ1) is 9.45. The lowest BCUT2D eigenvalue weighted by molar-refractivity contribution is -0.127. The summed E-state index contributed by atoms with van der Waals surface area (Å²) in [7, 11) is 0. The number of benzene rings is 1. The SMILES string of the molecule is CCNC(=O)[C@@H](C)NC(=O)CSc1c(Cl)cccc1Cl. The van der Waals surface area contributed by atoms with Gasteiger partial charge in [-0.05, 0) is 26.0 Å². The van der Waals surface area contributed by atoms with E-state index in [0.29, 0.717) is 21.5 Å². The van der Waals surface area contributed by atoms with E-state index in [-0.39, 0.29) is 17.6 Å². The molecule has 1 rings (SSSR count). The Kier molecular flexibility index (Phi) is 7.19. The maximum absolute atomic E-state index is 11.8. The fourth-order valence-corrected chi connectivity index (χ4v) is 2.93. The molecule has 7 heteroatoms. The van der Waals surface area contributed by atoms with Gasteiger partial charge in [-0.25, -0.2) is 0 Å². The second-order valence-corrected chi connectivity index (χ2v) is 5.82. The smallest absolute Gasteiger partial charge is 0.242 e. The highest BCUT2D eigenvalue weighted by Crippen LogP contribution is 2.33. The predicted octanol–water partition coefficient (Wildman–Crippen LogP) is 2.73. The first-order valence-electron chi connectivity index (χ1n) is 6.09. The number of nitrogens with one attached hydrogen (secondary N) is 2. The van der Waals surface area contributed by atoms with Crippen LogP contribution < -0.4 is 10.6 Å². The van der Waals surface area contributed by atoms with Gasteiger partial charge in [-0.3, -0.25) is 9.59 Å². The molecule has 0 unspecified atom stereocenters. The van der Waals surface area contributed by atoms with Crippen molar-refractivity contribution in [2.24, 2.45) is 0 Å². The highest BCUT2D eigenvalue weighted by atomic mass is 35.5. The van der Waals surface area contributed by atoms with E-state index < -0.39 is 6.04 Å². The lowest BCUT2D eigenvalue weighted by atomic mass is 10.3. The monoisotopic (exact) mass is 334 g/mol. The van der Waals surface area contributed by atoms with Crippen LogP contribution in [0.4, 0.5) is 0 Å². The van der Waals surface area contributed by atoms with E-state index in [4.69, 9.17) is 23.2 Å². The zero-order valence-electron chi connectivity index (χ0n) is 11.2. The molecule has 2 N–H and O–H groups in total. The standard InChI is InChI=1S/C13H16Cl2N2O2S/c1-3-16-13(19)8(2)17-11(18)7-20-12-9(14)5-4-6-10(12)15/h4-6,8H,3,7H2,1-2H3,(H,16,19)(H,17,18)/t8-/m1/s1. The van der Waals surface area contributed by atoms with Crippen LogP contribution in [0.2, 0.25) is 10.0 Å². The van der Waals surface area contributed by atoms with E-state index >= 15 is 0 Å². The lowest BCUT2D eigenvalue weighted by Crippen LogP contribution is -2.45. The second-order valence-electron chi connectivity index (χ2n) is 4.02. The summed E-state index contributed by atoms with van der Waals surface area (Å²) >= 11 is 13.3. The fourth-order valence-electron chi connectivity index (χ4n) is 1.43. The molecule has 0 saturated carbocycles. The van der Waals surface area contributed by atoms with Crippen LogP contribution in [0, 0.1) is 0 Å². The van der Waals surface area contributed by atoms with Crippen molar-refractivity contribution in [3.8, 4) is 0 Å². The Morgan fingerprint density at radius 2 is 1.90 bits per heavy atom. The maximum atomic E-state index is 11.8. The van der Waals surface area contributed by atoms with Crippen LogP contribution in [0.5, 0.6) is 0 Å². The van der Waals surface area contributed by atoms with Crippen LogP contribution in [-0.4, -0.2) is 30.2 Å². The van der Waals surface area contributed by atoms with E-state index in [2.05, 4.69) is 10.6 Å². The molecule has 4 nitrogen and oxygen atoms in total. The molecule has 20 heavy (non-hydrogen) atoms. The summed E-state index contributed by atoms with van der Waals surface area (Å²) in [6.45, 7) is 3.99. The van der Waals surface area contributed by atoms with Crippen molar-refractivity contribution in [3.05, 3.63) is 28.2 Å². The quantitative estimate of drug-likeness (QED) is 0.786. The summed E-state index contributed by atoms with van der Waals surface area (Å²) in [6.07, 6.45) is 0. The van der Waals surface area contributed by atoms with Gasteiger partial charge >= 0.3 is 0 Å². The van der Waals surface area contributed by atoms with Gasteiger partial charge in [-0.1, -0.05) is 29.3 Å². The van der Waals surface area contributed by atoms with Crippen LogP contribution in [-0.2, 0) is 9.59 Å². The largest absolute Gasteiger partial charge is 0.355 e. The van der Waals surface area contributed by atoms with Gasteiger partial charge in [-0.15, -0.1) is 11.8 Å². The number of rotatable bonds is 6. The highest BCUT2D eigenvalue weighted by Gasteiger charge is 2.15. The molecule has 1 aromatic rings. The molecule has 0 saturated heterocycles. The molecule has 0 fully saturated rings. The topological polar surface area (TPSA) is 58.2 Å². The minimum absolute atomic E-state index is 0.146. The summed E-state index contributed by atoms with van der Waals surface area (Å²) in [4.78, 5) is 23.9. The molecule has 1 atom stereocenters. The van der Waals surface area contributed by atoms with E-state index in [1.165, 1.54) is 11.8 Å². The van der Waals surface area contributed by atoms with Crippen molar-refractivity contribution < 1.29 is 9.59 Å². The van der Waals surface area contributed by atoms with E-state index in [1.807, 2.05) is 6.92 Å². The molecular weight excluding hydrogens is 319 g/mol. The van der Waals surface area contributed by atoms with Crippen molar-refractivity contribution in [1.82, 2.24) is 10.6 Å². The van der Waals surface area contributed by atoms with Crippen molar-refractivity contribution in [2.75, 3.05) is 12.3 Å². The zero-order valence-corrected chi connectivity index (χ0v) is 13.5. The first kappa shape index (κ1) is 17.1. The molecule has 0 aromatic heterocycles. The van der Waals surface area contributed by atoms with Gasteiger partial charge in [0, 0.05) is 11.4 Å². The number of hydrogen-bond donors (Lipinski definition) is 2. The average molecular weight is 335 g/mol. The van der Waals surface area contributed by atoms with E-state index in [1.54, 1.807) is 25.1 Å². The normalized spacial score (nSPS) is 11.8. The predicted molar refractivity (Wildman–Crippen MR) is 83.5 cm³/mol. The van der Waals surface area contributed by atoms with Gasteiger partial charge in [0.25, 0.3) is 0 Å². The summed E-state index contributed by atoms with van der Waals surface area (Å²) < 4.78 is 0. The number of likely N-dealkylation sites (N-methyl/N-ethyl adjacent to an activating group) is 1. The Hall–Kier alpha value is -0.910. The van der Waals surface area contributed by atoms with Gasteiger partial charge < -0.3 is 10.6 Å². The number of carbonyl (C=O) groups is 2. The van der Waals surface area contributed by atoms with Crippen molar-refractivity contribution in [2.45, 2.75) is 24.8 Å². The highest BCUT2D eigenvalue weighted by molar-refractivity contribution is 8.00. The number of carbonyl (C=O) groups excluding carboxylic acids is 2. The molecule has 0 aliphatic heterocycles. The number of halogens is 2. The number of hydrogen-bond acceptors (Lipinski definition) is 3. The number of thioether (sulfide) groups is 1. The van der Waals surface area contributed by atoms with Gasteiger partial charge in [0.05, 0.1) is 15.8 Å². The first-order valence-corrected chi connectivity index (χ1v) is 7.83. The van der Waals surface area contributed by atoms with Crippen LogP contribution in [0.3, 0.4) is 0 Å². The Balaban J connectivity index is 2.50. The van der Waals surface area contributed by atoms with Gasteiger partial charge in [0.1, 0.15) is 6.04 Å². The number of amides is 2. The molecule has 0 spiro atoms. The molecule has 0 aliphatic carbocycles. The Morgan fingerprint density at radius 3 is 2.45 bits per heavy atom. The summed E-state index contributed by atoms with van der Waals surface area (Å²) in [5, 5.41) is 6.27. The van der Waals surface area contributed by atoms with E-state index in [0.717, 1.165) is 0 Å². The van der Waals surface area contributed by atoms with Crippen molar-refractivity contribution >= 4 is 46.8 Å². The molecule has 0 heterocycles. The molecule has 2 amide bonds. The molecule has 1 aromatic carbocycles. The third-order valence-electron chi connectivity index (χ3n) is 2.39. The van der Waals surface area contributed by atoms with Gasteiger partial charge in [0.2, 0.25) is 11.8 Å². The maximum Gasteiger partial charge on any atom is 0.242 e. The van der Waals surface area contributed by atoms with E-state index in [9.17, 15) is 9.59 Å². The third kappa shape index (κ3) is 5.23. The minimum Gasteiger partial charge on any atom is -0.355 e. The van der Waals surface area contributed by atoms with Crippen LogP contribution in [0.1, 0.15) is 13.8 Å². The van der Waals surface area contributed by atoms with Crippen molar-refractivity contribution in [1.29, 1.82) is 0 Å². The zero-order chi connectivity index (χ0) is 15.1. The van der Waals surface area contributed by atoms with Crippen molar-refractivity contribution in [3.63, 3.8) is 0 Å². The Bertz CT molecular complexity index is 477. The summed E-state index contributed by atoms with van der Waals surface area (Å²) in [5.41, 5.74) is 0. The van der Waals surface area contributed by atoms with Gasteiger partial charge in [0.15, 0.2) is 0 Å². The third-order valence-corrected chi connectivity index (χ3v) is 4.38. The molecule has 110 valence electrons. The Morgan fingerprint density at radius 1 is 1.30 bits per heavy atom. The molecule has 0 aliphatic rings. The lowest BCUT2D eigenvalue weighted by Gasteiger charge is -2.13. The molecule has 0 bridgehead atoms. The minimum atomic E-state index is -0.565. The molecular formula is C13H16Cl2N2O2S. The van der Waals surface area contributed by atoms with Crippen LogP contribution in [0.15, 0.2) is 23.1 Å². The fraction of sp³-hybridized carbons (Fsp3) is 0.385. The summed E-state index contributed by atoms with van der Waals surface area (Å²) in [5.74, 6) is -0.306. The Labute approximate surface area is 132 Å². The average Bonchev–Trinajstić information content (AvgIpc) is 2.38. The second kappa shape index (κ2) is 8.39. The van der Waals surface area contributed by atoms with Crippen LogP contribution >= 0.6 is 35.0 Å². The summed E-state index contributed by atoms with van der Waals surface area (Å²) in [6, 6.07) is 4.60. The van der Waals surface area contributed by atoms with Crippen LogP contribution in [0.25, 0.3) is 0 Å². The molecule has 0 radical (unpaired) electrons. The van der Waals surface area contributed by atoms with Gasteiger partial charge in [-0.2, -0.15) is 0 Å².